The molecule has 102 valence electrons. The van der Waals surface area contributed by atoms with Crippen molar-refractivity contribution in [2.45, 2.75) is 6.42 Å². The number of amides is 3. The molecule has 2 aromatic heterocycles. The number of aromatic carboxylic acids is 1. The Morgan fingerprint density at radius 1 is 1.30 bits per heavy atom. The Bertz CT molecular complexity index is 737. The van der Waals surface area contributed by atoms with Crippen LogP contribution in [0.3, 0.4) is 0 Å². The van der Waals surface area contributed by atoms with Gasteiger partial charge in [0.2, 0.25) is 11.7 Å². The molecule has 20 heavy (non-hydrogen) atoms. The first-order chi connectivity index (χ1) is 9.56. The van der Waals surface area contributed by atoms with Crippen molar-refractivity contribution in [2.75, 3.05) is 11.4 Å². The average Bonchev–Trinajstić information content (AvgIpc) is 2.81. The fourth-order valence-electron chi connectivity index (χ4n) is 2.00. The largest absolute Gasteiger partial charge is 0.475 e. The maximum absolute atomic E-state index is 11.7. The third kappa shape index (κ3) is 1.85. The van der Waals surface area contributed by atoms with Crippen LogP contribution in [0.1, 0.15) is 17.0 Å². The molecule has 3 heterocycles. The van der Waals surface area contributed by atoms with E-state index in [2.05, 4.69) is 15.5 Å². The second-order valence-corrected chi connectivity index (χ2v) is 4.20. The summed E-state index contributed by atoms with van der Waals surface area (Å²) in [7, 11) is 0. The number of pyridine rings is 1. The highest BCUT2D eigenvalue weighted by atomic mass is 16.4. The van der Waals surface area contributed by atoms with Gasteiger partial charge in [0.25, 0.3) is 0 Å². The van der Waals surface area contributed by atoms with Crippen molar-refractivity contribution in [3.05, 3.63) is 24.2 Å². The monoisotopic (exact) mass is 275 g/mol. The predicted molar refractivity (Wildman–Crippen MR) is 65.4 cm³/mol. The maximum atomic E-state index is 11.7. The summed E-state index contributed by atoms with van der Waals surface area (Å²) in [5, 5.41) is 18.5. The van der Waals surface area contributed by atoms with Crippen molar-refractivity contribution in [1.82, 2.24) is 19.9 Å². The number of nitrogens with zero attached hydrogens (tertiary/aromatic N) is 4. The van der Waals surface area contributed by atoms with E-state index in [0.29, 0.717) is 11.3 Å². The fraction of sp³-hybridized carbons (Fsp3) is 0.182. The van der Waals surface area contributed by atoms with Crippen LogP contribution in [0.15, 0.2) is 18.3 Å². The number of fused-ring (bicyclic) bond motifs is 1. The van der Waals surface area contributed by atoms with Gasteiger partial charge < -0.3 is 5.11 Å². The predicted octanol–water partition coefficient (Wildman–Crippen LogP) is -0.126. The number of carboxylic acid groups (broad SMARTS) is 1. The number of carbonyl (C=O) groups is 3. The van der Waals surface area contributed by atoms with Crippen LogP contribution >= 0.6 is 0 Å². The molecule has 0 atom stereocenters. The maximum Gasteiger partial charge on any atom is 0.374 e. The van der Waals surface area contributed by atoms with E-state index in [4.69, 9.17) is 5.11 Å². The summed E-state index contributed by atoms with van der Waals surface area (Å²) < 4.78 is 1.28. The molecule has 0 bridgehead atoms. The molecule has 0 spiro atoms. The summed E-state index contributed by atoms with van der Waals surface area (Å²) in [5.74, 6) is -1.79. The highest BCUT2D eigenvalue weighted by Gasteiger charge is 2.25. The standard InChI is InChI=1S/C11H9N5O4/c17-8-3-4-15(11(20)12-8)6-1-2-7-13-14-9(10(18)19)16(7)5-6/h1-2,5H,3-4H2,(H,18,19)(H,12,17,20). The Labute approximate surface area is 111 Å². The first-order valence-electron chi connectivity index (χ1n) is 5.75. The number of nitrogens with one attached hydrogen (secondary N) is 1. The third-order valence-electron chi connectivity index (χ3n) is 2.94. The molecule has 1 fully saturated rings. The van der Waals surface area contributed by atoms with E-state index in [9.17, 15) is 14.4 Å². The lowest BCUT2D eigenvalue weighted by Crippen LogP contribution is -2.49. The Kier molecular flexibility index (Phi) is 2.60. The highest BCUT2D eigenvalue weighted by Crippen LogP contribution is 2.18. The van der Waals surface area contributed by atoms with Crippen LogP contribution in [-0.4, -0.2) is 44.2 Å². The molecule has 1 aliphatic rings. The average molecular weight is 275 g/mol. The van der Waals surface area contributed by atoms with E-state index < -0.39 is 12.0 Å². The lowest BCUT2D eigenvalue weighted by molar-refractivity contribution is -0.120. The van der Waals surface area contributed by atoms with E-state index in [-0.39, 0.29) is 24.7 Å². The van der Waals surface area contributed by atoms with Gasteiger partial charge in [-0.05, 0) is 12.1 Å². The van der Waals surface area contributed by atoms with E-state index in [0.717, 1.165) is 0 Å². The summed E-state index contributed by atoms with van der Waals surface area (Å²) >= 11 is 0. The molecule has 3 amide bonds. The quantitative estimate of drug-likeness (QED) is 0.788. The minimum absolute atomic E-state index is 0.192. The number of carbonyl (C=O) groups excluding carboxylic acids is 2. The molecule has 3 rings (SSSR count). The number of carboxylic acids is 1. The number of imide groups is 1. The molecule has 9 heteroatoms. The summed E-state index contributed by atoms with van der Waals surface area (Å²) in [6.45, 7) is 0.237. The Balaban J connectivity index is 2.04. The van der Waals surface area contributed by atoms with Crippen LogP contribution < -0.4 is 10.2 Å². The van der Waals surface area contributed by atoms with Gasteiger partial charge in [-0.3, -0.25) is 19.4 Å². The molecule has 9 nitrogen and oxygen atoms in total. The van der Waals surface area contributed by atoms with Crippen molar-refractivity contribution in [2.24, 2.45) is 0 Å². The molecular weight excluding hydrogens is 266 g/mol. The van der Waals surface area contributed by atoms with Crippen molar-refractivity contribution < 1.29 is 19.5 Å². The normalized spacial score (nSPS) is 15.5. The van der Waals surface area contributed by atoms with E-state index >= 15 is 0 Å². The van der Waals surface area contributed by atoms with Crippen LogP contribution in [0.4, 0.5) is 10.5 Å². The Morgan fingerprint density at radius 2 is 2.10 bits per heavy atom. The third-order valence-corrected chi connectivity index (χ3v) is 2.94. The minimum Gasteiger partial charge on any atom is -0.475 e. The van der Waals surface area contributed by atoms with Gasteiger partial charge in [-0.1, -0.05) is 0 Å². The van der Waals surface area contributed by atoms with E-state index in [1.165, 1.54) is 15.5 Å². The molecule has 2 N–H and O–H groups in total. The summed E-state index contributed by atoms with van der Waals surface area (Å²) in [6.07, 6.45) is 1.64. The topological polar surface area (TPSA) is 117 Å². The summed E-state index contributed by atoms with van der Waals surface area (Å²) in [5.41, 5.74) is 0.824. The molecule has 0 radical (unpaired) electrons. The lowest BCUT2D eigenvalue weighted by Gasteiger charge is -2.26. The molecule has 0 unspecified atom stereocenters. The second kappa shape index (κ2) is 4.30. The summed E-state index contributed by atoms with van der Waals surface area (Å²) in [6, 6.07) is 2.63. The zero-order valence-electron chi connectivity index (χ0n) is 10.1. The van der Waals surface area contributed by atoms with Crippen molar-refractivity contribution in [1.29, 1.82) is 0 Å². The molecular formula is C11H9N5O4. The SMILES string of the molecule is O=C1CCN(c2ccc3nnc(C(=O)O)n3c2)C(=O)N1. The smallest absolute Gasteiger partial charge is 0.374 e. The Hall–Kier alpha value is -2.97. The fourth-order valence-corrected chi connectivity index (χ4v) is 2.00. The van der Waals surface area contributed by atoms with Gasteiger partial charge in [0.05, 0.1) is 5.69 Å². The second-order valence-electron chi connectivity index (χ2n) is 4.20. The van der Waals surface area contributed by atoms with Crippen LogP contribution in [0.25, 0.3) is 5.65 Å². The number of anilines is 1. The first kappa shape index (κ1) is 12.1. The van der Waals surface area contributed by atoms with Gasteiger partial charge in [-0.15, -0.1) is 10.2 Å². The van der Waals surface area contributed by atoms with Crippen LogP contribution in [0.5, 0.6) is 0 Å². The van der Waals surface area contributed by atoms with Crippen molar-refractivity contribution in [3.8, 4) is 0 Å². The number of rotatable bonds is 2. The first-order valence-corrected chi connectivity index (χ1v) is 5.75. The Morgan fingerprint density at radius 3 is 2.80 bits per heavy atom. The zero-order valence-corrected chi connectivity index (χ0v) is 10.1. The molecule has 1 aliphatic heterocycles. The van der Waals surface area contributed by atoms with Gasteiger partial charge in [0.15, 0.2) is 5.65 Å². The minimum atomic E-state index is -1.21. The highest BCUT2D eigenvalue weighted by molar-refractivity contribution is 6.05. The lowest BCUT2D eigenvalue weighted by atomic mass is 10.2. The number of hydrogen-bond donors (Lipinski definition) is 2. The van der Waals surface area contributed by atoms with Crippen molar-refractivity contribution >= 4 is 29.2 Å². The van der Waals surface area contributed by atoms with E-state index in [1.54, 1.807) is 12.1 Å². The van der Waals surface area contributed by atoms with Gasteiger partial charge in [0.1, 0.15) is 0 Å². The number of aromatic nitrogens is 3. The van der Waals surface area contributed by atoms with Gasteiger partial charge in [0, 0.05) is 19.2 Å². The van der Waals surface area contributed by atoms with Crippen LogP contribution in [0.2, 0.25) is 0 Å². The van der Waals surface area contributed by atoms with Crippen molar-refractivity contribution in [3.63, 3.8) is 0 Å². The van der Waals surface area contributed by atoms with Gasteiger partial charge in [-0.25, -0.2) is 9.59 Å². The number of urea groups is 1. The molecule has 0 aromatic carbocycles. The zero-order chi connectivity index (χ0) is 14.3. The summed E-state index contributed by atoms with van der Waals surface area (Å²) in [4.78, 5) is 35.2. The van der Waals surface area contributed by atoms with Gasteiger partial charge in [-0.2, -0.15) is 0 Å². The number of hydrogen-bond acceptors (Lipinski definition) is 5. The molecule has 0 saturated carbocycles. The van der Waals surface area contributed by atoms with Crippen LogP contribution in [0, 0.1) is 0 Å². The molecule has 2 aromatic rings. The molecule has 1 saturated heterocycles. The molecule has 0 aliphatic carbocycles. The van der Waals surface area contributed by atoms with E-state index in [1.807, 2.05) is 0 Å². The van der Waals surface area contributed by atoms with Crippen LogP contribution in [-0.2, 0) is 4.79 Å². The van der Waals surface area contributed by atoms with Gasteiger partial charge >= 0.3 is 12.0 Å².